The summed E-state index contributed by atoms with van der Waals surface area (Å²) in [5, 5.41) is 9.56. The third-order valence-corrected chi connectivity index (χ3v) is 2.12. The number of aliphatic hydroxyl groups is 1. The number of fused-ring (bicyclic) bond motifs is 1. The fourth-order valence-corrected chi connectivity index (χ4v) is 1.50. The van der Waals surface area contributed by atoms with Gasteiger partial charge in [-0.15, -0.1) is 0 Å². The van der Waals surface area contributed by atoms with E-state index in [2.05, 4.69) is 4.99 Å². The summed E-state index contributed by atoms with van der Waals surface area (Å²) in [6.45, 7) is 0.295. The van der Waals surface area contributed by atoms with E-state index in [4.69, 9.17) is 4.74 Å². The Kier molecular flexibility index (Phi) is 2.02. The Morgan fingerprint density at radius 2 is 2.23 bits per heavy atom. The van der Waals surface area contributed by atoms with Gasteiger partial charge in [0.1, 0.15) is 18.5 Å². The van der Waals surface area contributed by atoms with E-state index in [0.717, 1.165) is 11.3 Å². The highest BCUT2D eigenvalue weighted by Gasteiger charge is 2.23. The Hall–Kier alpha value is -1.35. The maximum Gasteiger partial charge on any atom is 0.130 e. The van der Waals surface area contributed by atoms with Gasteiger partial charge in [0.05, 0.1) is 5.71 Å². The van der Waals surface area contributed by atoms with Gasteiger partial charge in [0.25, 0.3) is 0 Å². The van der Waals surface area contributed by atoms with Crippen LogP contribution in [0.5, 0.6) is 5.75 Å². The first-order chi connectivity index (χ1) is 6.33. The van der Waals surface area contributed by atoms with Crippen LogP contribution in [0.25, 0.3) is 0 Å². The predicted octanol–water partition coefficient (Wildman–Crippen LogP) is 0.859. The van der Waals surface area contributed by atoms with Gasteiger partial charge in [0.15, 0.2) is 0 Å². The predicted molar refractivity (Wildman–Crippen MR) is 50.4 cm³/mol. The lowest BCUT2D eigenvalue weighted by Crippen LogP contribution is -2.33. The second-order valence-electron chi connectivity index (χ2n) is 2.93. The van der Waals surface area contributed by atoms with Gasteiger partial charge in [-0.05, 0) is 12.1 Å². The lowest BCUT2D eigenvalue weighted by Gasteiger charge is -2.23. The third kappa shape index (κ3) is 1.31. The SMILES string of the molecule is CN=C1c2ccccc2OCC1O. The van der Waals surface area contributed by atoms with Crippen molar-refractivity contribution >= 4 is 5.71 Å². The van der Waals surface area contributed by atoms with E-state index < -0.39 is 6.10 Å². The van der Waals surface area contributed by atoms with Gasteiger partial charge in [-0.3, -0.25) is 4.99 Å². The van der Waals surface area contributed by atoms with Crippen molar-refractivity contribution < 1.29 is 9.84 Å². The standard InChI is InChI=1S/C10H11NO2/c1-11-10-7-4-2-3-5-9(7)13-6-8(10)12/h2-5,8,12H,6H2,1H3. The average molecular weight is 177 g/mol. The van der Waals surface area contributed by atoms with Gasteiger partial charge in [-0.2, -0.15) is 0 Å². The maximum absolute atomic E-state index is 9.56. The Balaban J connectivity index is 2.52. The van der Waals surface area contributed by atoms with Gasteiger partial charge < -0.3 is 9.84 Å². The summed E-state index contributed by atoms with van der Waals surface area (Å²) < 4.78 is 5.34. The van der Waals surface area contributed by atoms with Crippen LogP contribution in [0.1, 0.15) is 5.56 Å². The number of nitrogens with zero attached hydrogens (tertiary/aromatic N) is 1. The number of hydrogen-bond donors (Lipinski definition) is 1. The van der Waals surface area contributed by atoms with E-state index in [9.17, 15) is 5.11 Å². The first-order valence-corrected chi connectivity index (χ1v) is 4.20. The molecule has 1 aliphatic heterocycles. The third-order valence-electron chi connectivity index (χ3n) is 2.12. The fraction of sp³-hybridized carbons (Fsp3) is 0.300. The molecule has 0 spiro atoms. The van der Waals surface area contributed by atoms with Crippen molar-refractivity contribution in [2.24, 2.45) is 4.99 Å². The minimum Gasteiger partial charge on any atom is -0.490 e. The first kappa shape index (κ1) is 8.26. The number of para-hydroxylation sites is 1. The van der Waals surface area contributed by atoms with Gasteiger partial charge in [-0.25, -0.2) is 0 Å². The van der Waals surface area contributed by atoms with Gasteiger partial charge in [0, 0.05) is 12.6 Å². The molecule has 1 N–H and O–H groups in total. The smallest absolute Gasteiger partial charge is 0.130 e. The van der Waals surface area contributed by atoms with E-state index >= 15 is 0 Å². The number of ether oxygens (including phenoxy) is 1. The maximum atomic E-state index is 9.56. The summed E-state index contributed by atoms with van der Waals surface area (Å²) in [6.07, 6.45) is -0.597. The molecule has 3 heteroatoms. The molecule has 3 nitrogen and oxygen atoms in total. The zero-order valence-corrected chi connectivity index (χ0v) is 7.40. The molecule has 0 amide bonds. The van der Waals surface area contributed by atoms with Crippen LogP contribution < -0.4 is 4.74 Å². The Bertz CT molecular complexity index is 347. The monoisotopic (exact) mass is 177 g/mol. The van der Waals surface area contributed by atoms with Gasteiger partial charge in [-0.1, -0.05) is 12.1 Å². The average Bonchev–Trinajstić information content (AvgIpc) is 2.18. The van der Waals surface area contributed by atoms with E-state index in [-0.39, 0.29) is 0 Å². The molecule has 0 saturated carbocycles. The second-order valence-corrected chi connectivity index (χ2v) is 2.93. The number of hydrogen-bond acceptors (Lipinski definition) is 3. The van der Waals surface area contributed by atoms with Gasteiger partial charge >= 0.3 is 0 Å². The zero-order chi connectivity index (χ0) is 9.26. The second kappa shape index (κ2) is 3.18. The van der Waals surface area contributed by atoms with E-state index in [1.54, 1.807) is 7.05 Å². The van der Waals surface area contributed by atoms with Crippen LogP contribution in [-0.2, 0) is 0 Å². The number of benzene rings is 1. The molecule has 1 unspecified atom stereocenters. The van der Waals surface area contributed by atoms with Crippen molar-refractivity contribution in [3.63, 3.8) is 0 Å². The molecule has 1 aromatic carbocycles. The summed E-state index contributed by atoms with van der Waals surface area (Å²) in [5.41, 5.74) is 1.60. The topological polar surface area (TPSA) is 41.8 Å². The minimum absolute atomic E-state index is 0.295. The molecule has 1 aromatic rings. The molecule has 0 aliphatic carbocycles. The summed E-state index contributed by atoms with van der Waals surface area (Å²) in [4.78, 5) is 4.06. The van der Waals surface area contributed by atoms with Crippen LogP contribution in [0.15, 0.2) is 29.3 Å². The number of aliphatic hydroxyl groups excluding tert-OH is 1. The summed E-state index contributed by atoms with van der Waals surface area (Å²) in [6, 6.07) is 7.60. The lowest BCUT2D eigenvalue weighted by atomic mass is 10.0. The highest BCUT2D eigenvalue weighted by molar-refractivity contribution is 6.06. The van der Waals surface area contributed by atoms with Gasteiger partial charge in [0.2, 0.25) is 0 Å². The van der Waals surface area contributed by atoms with Crippen molar-refractivity contribution in [2.45, 2.75) is 6.10 Å². The van der Waals surface area contributed by atoms with E-state index in [0.29, 0.717) is 12.3 Å². The van der Waals surface area contributed by atoms with Crippen LogP contribution in [0.3, 0.4) is 0 Å². The highest BCUT2D eigenvalue weighted by atomic mass is 16.5. The van der Waals surface area contributed by atoms with Crippen molar-refractivity contribution in [3.05, 3.63) is 29.8 Å². The van der Waals surface area contributed by atoms with Crippen LogP contribution in [0, 0.1) is 0 Å². The fourth-order valence-electron chi connectivity index (χ4n) is 1.50. The van der Waals surface area contributed by atoms with Crippen LogP contribution >= 0.6 is 0 Å². The number of aliphatic imine (C=N–C) groups is 1. The van der Waals surface area contributed by atoms with Crippen molar-refractivity contribution in [3.8, 4) is 5.75 Å². The molecule has 68 valence electrons. The van der Waals surface area contributed by atoms with E-state index in [1.165, 1.54) is 0 Å². The molecule has 0 bridgehead atoms. The molecule has 1 aliphatic rings. The minimum atomic E-state index is -0.597. The lowest BCUT2D eigenvalue weighted by molar-refractivity contribution is 0.151. The molecule has 13 heavy (non-hydrogen) atoms. The normalized spacial score (nSPS) is 23.8. The highest BCUT2D eigenvalue weighted by Crippen LogP contribution is 2.24. The molecular weight excluding hydrogens is 166 g/mol. The molecule has 1 heterocycles. The zero-order valence-electron chi connectivity index (χ0n) is 7.40. The van der Waals surface area contributed by atoms with Crippen molar-refractivity contribution in [1.82, 2.24) is 0 Å². The molecular formula is C10H11NO2. The quantitative estimate of drug-likeness (QED) is 0.638. The number of rotatable bonds is 0. The molecule has 0 radical (unpaired) electrons. The summed E-state index contributed by atoms with van der Waals surface area (Å²) in [7, 11) is 1.68. The molecule has 0 aromatic heterocycles. The van der Waals surface area contributed by atoms with Crippen LogP contribution in [0.4, 0.5) is 0 Å². The summed E-state index contributed by atoms with van der Waals surface area (Å²) >= 11 is 0. The molecule has 2 rings (SSSR count). The largest absolute Gasteiger partial charge is 0.490 e. The first-order valence-electron chi connectivity index (χ1n) is 4.20. The van der Waals surface area contributed by atoms with Crippen LogP contribution in [-0.4, -0.2) is 30.6 Å². The molecule has 1 atom stereocenters. The molecule has 0 fully saturated rings. The Morgan fingerprint density at radius 1 is 1.46 bits per heavy atom. The van der Waals surface area contributed by atoms with Crippen LogP contribution in [0.2, 0.25) is 0 Å². The Morgan fingerprint density at radius 3 is 3.00 bits per heavy atom. The van der Waals surface area contributed by atoms with Crippen molar-refractivity contribution in [1.29, 1.82) is 0 Å². The Labute approximate surface area is 76.7 Å². The van der Waals surface area contributed by atoms with E-state index in [1.807, 2.05) is 24.3 Å². The molecule has 0 saturated heterocycles. The summed E-state index contributed by atoms with van der Waals surface area (Å²) in [5.74, 6) is 0.799. The van der Waals surface area contributed by atoms with Crippen molar-refractivity contribution in [2.75, 3.05) is 13.7 Å².